The number of nitrogens with two attached hydrogens (primary N) is 1. The number of nitrogens with zero attached hydrogens (tertiary/aromatic N) is 3. The molecular formula is C12H10BrN5O. The Morgan fingerprint density at radius 1 is 1.32 bits per heavy atom. The fourth-order valence-corrected chi connectivity index (χ4v) is 2.34. The molecule has 3 aromatic rings. The minimum Gasteiger partial charge on any atom is -0.496 e. The molecule has 0 atom stereocenters. The van der Waals surface area contributed by atoms with E-state index in [9.17, 15) is 0 Å². The van der Waals surface area contributed by atoms with E-state index in [1.807, 2.05) is 18.2 Å². The summed E-state index contributed by atoms with van der Waals surface area (Å²) in [5, 5.41) is 0. The van der Waals surface area contributed by atoms with E-state index in [0.717, 1.165) is 15.8 Å². The lowest BCUT2D eigenvalue weighted by Gasteiger charge is -2.04. The Morgan fingerprint density at radius 3 is 2.84 bits per heavy atom. The molecule has 0 aliphatic carbocycles. The summed E-state index contributed by atoms with van der Waals surface area (Å²) in [5.41, 5.74) is 7.87. The number of rotatable bonds is 2. The van der Waals surface area contributed by atoms with Crippen LogP contribution in [0.3, 0.4) is 0 Å². The summed E-state index contributed by atoms with van der Waals surface area (Å²) < 4.78 is 6.05. The van der Waals surface area contributed by atoms with E-state index < -0.39 is 0 Å². The topological polar surface area (TPSA) is 89.7 Å². The van der Waals surface area contributed by atoms with Gasteiger partial charge in [0.05, 0.1) is 11.6 Å². The number of nitrogens with one attached hydrogen (secondary N) is 1. The number of anilines is 1. The van der Waals surface area contributed by atoms with Crippen molar-refractivity contribution in [2.75, 3.05) is 12.8 Å². The van der Waals surface area contributed by atoms with E-state index in [2.05, 4.69) is 35.9 Å². The van der Waals surface area contributed by atoms with Crippen LogP contribution >= 0.6 is 15.9 Å². The van der Waals surface area contributed by atoms with Gasteiger partial charge in [0.1, 0.15) is 23.4 Å². The van der Waals surface area contributed by atoms with Crippen molar-refractivity contribution in [3.05, 3.63) is 29.0 Å². The Morgan fingerprint density at radius 2 is 2.16 bits per heavy atom. The summed E-state index contributed by atoms with van der Waals surface area (Å²) in [7, 11) is 1.62. The monoisotopic (exact) mass is 319 g/mol. The Kier molecular flexibility index (Phi) is 2.83. The molecule has 1 aromatic carbocycles. The number of hydrogen-bond acceptors (Lipinski definition) is 5. The Hall–Kier alpha value is -2.15. The molecule has 2 aromatic heterocycles. The van der Waals surface area contributed by atoms with E-state index in [4.69, 9.17) is 10.5 Å². The molecule has 0 radical (unpaired) electrons. The maximum absolute atomic E-state index is 5.77. The van der Waals surface area contributed by atoms with Crippen molar-refractivity contribution in [3.8, 4) is 17.1 Å². The van der Waals surface area contributed by atoms with Gasteiger partial charge in [0.15, 0.2) is 11.5 Å². The van der Waals surface area contributed by atoms with Crippen LogP contribution in [0, 0.1) is 0 Å². The molecule has 0 spiro atoms. The van der Waals surface area contributed by atoms with E-state index >= 15 is 0 Å². The molecule has 0 aliphatic rings. The molecule has 0 bridgehead atoms. The first kappa shape index (κ1) is 11.9. The maximum Gasteiger partial charge on any atom is 0.183 e. The van der Waals surface area contributed by atoms with Gasteiger partial charge in [-0.25, -0.2) is 15.0 Å². The molecule has 19 heavy (non-hydrogen) atoms. The van der Waals surface area contributed by atoms with Gasteiger partial charge in [0.25, 0.3) is 0 Å². The Balaban J connectivity index is 2.14. The van der Waals surface area contributed by atoms with Crippen LogP contribution in [0.25, 0.3) is 22.6 Å². The lowest BCUT2D eigenvalue weighted by molar-refractivity contribution is 0.412. The summed E-state index contributed by atoms with van der Waals surface area (Å²) in [6, 6.07) is 5.69. The molecule has 96 valence electrons. The molecule has 0 fully saturated rings. The number of ether oxygens (including phenoxy) is 1. The van der Waals surface area contributed by atoms with Crippen LogP contribution in [0.5, 0.6) is 5.75 Å². The molecule has 0 amide bonds. The Labute approximate surface area is 117 Å². The van der Waals surface area contributed by atoms with Crippen LogP contribution in [-0.4, -0.2) is 27.0 Å². The van der Waals surface area contributed by atoms with Gasteiger partial charge in [0, 0.05) is 5.56 Å². The summed E-state index contributed by atoms with van der Waals surface area (Å²) in [6.07, 6.45) is 1.40. The molecule has 6 nitrogen and oxygen atoms in total. The number of benzene rings is 1. The maximum atomic E-state index is 5.77. The van der Waals surface area contributed by atoms with Crippen molar-refractivity contribution in [2.45, 2.75) is 0 Å². The number of aromatic amines is 1. The average Bonchev–Trinajstić information content (AvgIpc) is 2.84. The standard InChI is InChI=1S/C12H10BrN5O/c1-19-8-3-2-6(4-7(8)13)11-17-9-10(14)15-5-16-12(9)18-11/h2-5H,1H3,(H3,14,15,16,17,18). The smallest absolute Gasteiger partial charge is 0.183 e. The highest BCUT2D eigenvalue weighted by Gasteiger charge is 2.10. The molecular weight excluding hydrogens is 310 g/mol. The summed E-state index contributed by atoms with van der Waals surface area (Å²) >= 11 is 3.44. The van der Waals surface area contributed by atoms with E-state index in [1.165, 1.54) is 6.33 Å². The minimum absolute atomic E-state index is 0.385. The lowest BCUT2D eigenvalue weighted by atomic mass is 10.2. The first-order chi connectivity index (χ1) is 9.19. The number of aromatic nitrogens is 4. The molecule has 3 rings (SSSR count). The number of methoxy groups -OCH3 is 1. The van der Waals surface area contributed by atoms with Gasteiger partial charge in [-0.3, -0.25) is 0 Å². The fourth-order valence-electron chi connectivity index (χ4n) is 1.80. The van der Waals surface area contributed by atoms with Crippen LogP contribution < -0.4 is 10.5 Å². The van der Waals surface area contributed by atoms with Gasteiger partial charge >= 0.3 is 0 Å². The second-order valence-electron chi connectivity index (χ2n) is 3.89. The van der Waals surface area contributed by atoms with Crippen LogP contribution in [0.2, 0.25) is 0 Å². The van der Waals surface area contributed by atoms with Crippen molar-refractivity contribution in [2.24, 2.45) is 0 Å². The van der Waals surface area contributed by atoms with Gasteiger partial charge in [-0.2, -0.15) is 0 Å². The zero-order valence-corrected chi connectivity index (χ0v) is 11.6. The molecule has 2 heterocycles. The molecule has 0 saturated carbocycles. The molecule has 0 saturated heterocycles. The van der Waals surface area contributed by atoms with Crippen molar-refractivity contribution < 1.29 is 4.74 Å². The highest BCUT2D eigenvalue weighted by molar-refractivity contribution is 9.10. The van der Waals surface area contributed by atoms with E-state index in [1.54, 1.807) is 7.11 Å². The molecule has 0 aliphatic heterocycles. The zero-order valence-electron chi connectivity index (χ0n) is 10.0. The third-order valence-electron chi connectivity index (χ3n) is 2.74. The van der Waals surface area contributed by atoms with Crippen LogP contribution in [0.15, 0.2) is 29.0 Å². The number of hydrogen-bond donors (Lipinski definition) is 2. The highest BCUT2D eigenvalue weighted by atomic mass is 79.9. The van der Waals surface area contributed by atoms with Gasteiger partial charge in [-0.05, 0) is 34.1 Å². The van der Waals surface area contributed by atoms with Crippen LogP contribution in [0.1, 0.15) is 0 Å². The second kappa shape index (κ2) is 4.51. The van der Waals surface area contributed by atoms with Gasteiger partial charge in [-0.1, -0.05) is 0 Å². The number of fused-ring (bicyclic) bond motifs is 1. The van der Waals surface area contributed by atoms with Crippen LogP contribution in [-0.2, 0) is 0 Å². The Bertz CT molecular complexity index is 755. The fraction of sp³-hybridized carbons (Fsp3) is 0.0833. The SMILES string of the molecule is COc1ccc(-c2nc3ncnc(N)c3[nH]2)cc1Br. The summed E-state index contributed by atoms with van der Waals surface area (Å²) in [4.78, 5) is 15.5. The third-order valence-corrected chi connectivity index (χ3v) is 3.36. The van der Waals surface area contributed by atoms with Gasteiger partial charge < -0.3 is 15.5 Å². The molecule has 0 unspecified atom stereocenters. The largest absolute Gasteiger partial charge is 0.496 e. The number of halogens is 1. The summed E-state index contributed by atoms with van der Waals surface area (Å²) in [5.74, 6) is 1.83. The minimum atomic E-state index is 0.385. The first-order valence-electron chi connectivity index (χ1n) is 5.49. The number of imidazole rings is 1. The highest BCUT2D eigenvalue weighted by Crippen LogP contribution is 2.30. The van der Waals surface area contributed by atoms with Crippen molar-refractivity contribution in [1.29, 1.82) is 0 Å². The van der Waals surface area contributed by atoms with Crippen LogP contribution in [0.4, 0.5) is 5.82 Å². The predicted octanol–water partition coefficient (Wildman–Crippen LogP) is 2.37. The van der Waals surface area contributed by atoms with E-state index in [0.29, 0.717) is 22.8 Å². The number of H-pyrrole nitrogens is 1. The molecule has 7 heteroatoms. The van der Waals surface area contributed by atoms with Crippen molar-refractivity contribution in [1.82, 2.24) is 19.9 Å². The van der Waals surface area contributed by atoms with Gasteiger partial charge in [-0.15, -0.1) is 0 Å². The average molecular weight is 320 g/mol. The quantitative estimate of drug-likeness (QED) is 0.756. The first-order valence-corrected chi connectivity index (χ1v) is 6.28. The summed E-state index contributed by atoms with van der Waals surface area (Å²) in [6.45, 7) is 0. The normalized spacial score (nSPS) is 10.8. The second-order valence-corrected chi connectivity index (χ2v) is 4.75. The van der Waals surface area contributed by atoms with Crippen molar-refractivity contribution >= 4 is 32.9 Å². The lowest BCUT2D eigenvalue weighted by Crippen LogP contribution is -1.91. The van der Waals surface area contributed by atoms with E-state index in [-0.39, 0.29) is 0 Å². The third kappa shape index (κ3) is 2.01. The predicted molar refractivity (Wildman–Crippen MR) is 75.8 cm³/mol. The molecule has 3 N–H and O–H groups in total. The van der Waals surface area contributed by atoms with Crippen molar-refractivity contribution in [3.63, 3.8) is 0 Å². The van der Waals surface area contributed by atoms with Gasteiger partial charge in [0.2, 0.25) is 0 Å². The number of nitrogen functional groups attached to an aromatic ring is 1. The zero-order chi connectivity index (χ0) is 13.4.